The highest BCUT2D eigenvalue weighted by Crippen LogP contribution is 2.18. The lowest BCUT2D eigenvalue weighted by atomic mass is 10.2. The zero-order valence-electron chi connectivity index (χ0n) is 11.7. The van der Waals surface area contributed by atoms with Crippen molar-refractivity contribution in [3.63, 3.8) is 0 Å². The van der Waals surface area contributed by atoms with Gasteiger partial charge < -0.3 is 14.5 Å². The van der Waals surface area contributed by atoms with Gasteiger partial charge >= 0.3 is 5.97 Å². The number of amides is 1. The fourth-order valence-corrected chi connectivity index (χ4v) is 1.79. The second-order valence-electron chi connectivity index (χ2n) is 4.71. The summed E-state index contributed by atoms with van der Waals surface area (Å²) < 4.78 is 5.02. The van der Waals surface area contributed by atoms with E-state index in [0.29, 0.717) is 11.4 Å². The summed E-state index contributed by atoms with van der Waals surface area (Å²) in [6.45, 7) is 3.07. The summed E-state index contributed by atoms with van der Waals surface area (Å²) in [6.07, 6.45) is 1.61. The number of hydrogen-bond donors (Lipinski definition) is 1. The van der Waals surface area contributed by atoms with E-state index in [1.165, 1.54) is 11.0 Å². The molecule has 0 unspecified atom stereocenters. The van der Waals surface area contributed by atoms with Gasteiger partial charge in [0, 0.05) is 18.3 Å². The van der Waals surface area contributed by atoms with E-state index in [4.69, 9.17) is 9.63 Å². The molecule has 0 saturated carbocycles. The van der Waals surface area contributed by atoms with Crippen molar-refractivity contribution in [3.8, 4) is 11.4 Å². The maximum atomic E-state index is 12.3. The summed E-state index contributed by atoms with van der Waals surface area (Å²) in [6, 6.07) is 6.50. The van der Waals surface area contributed by atoms with E-state index in [1.54, 1.807) is 38.2 Å². The summed E-state index contributed by atoms with van der Waals surface area (Å²) in [4.78, 5) is 28.4. The summed E-state index contributed by atoms with van der Waals surface area (Å²) in [5, 5.41) is 12.7. The topological polar surface area (TPSA) is 96.5 Å². The van der Waals surface area contributed by atoms with Crippen molar-refractivity contribution < 1.29 is 19.2 Å². The second kappa shape index (κ2) is 6.17. The number of rotatable bonds is 5. The van der Waals surface area contributed by atoms with Gasteiger partial charge in [0.05, 0.1) is 5.69 Å². The van der Waals surface area contributed by atoms with Crippen molar-refractivity contribution in [1.29, 1.82) is 0 Å². The predicted octanol–water partition coefficient (Wildman–Crippen LogP) is 1.67. The Labute approximate surface area is 121 Å². The van der Waals surface area contributed by atoms with Crippen LogP contribution in [0.4, 0.5) is 0 Å². The Morgan fingerprint density at radius 1 is 1.33 bits per heavy atom. The maximum absolute atomic E-state index is 12.3. The van der Waals surface area contributed by atoms with Gasteiger partial charge in [-0.1, -0.05) is 11.2 Å². The van der Waals surface area contributed by atoms with Crippen LogP contribution < -0.4 is 0 Å². The molecule has 2 heterocycles. The van der Waals surface area contributed by atoms with Crippen molar-refractivity contribution in [2.24, 2.45) is 0 Å². The first-order valence-corrected chi connectivity index (χ1v) is 6.40. The molecule has 0 atom stereocenters. The number of carbonyl (C=O) groups excluding carboxylic acids is 1. The first-order valence-electron chi connectivity index (χ1n) is 6.40. The van der Waals surface area contributed by atoms with Gasteiger partial charge in [0.15, 0.2) is 0 Å². The van der Waals surface area contributed by atoms with Crippen LogP contribution in [-0.2, 0) is 4.79 Å². The smallest absolute Gasteiger partial charge is 0.323 e. The molecule has 0 spiro atoms. The van der Waals surface area contributed by atoms with Crippen LogP contribution in [0, 0.1) is 0 Å². The first kappa shape index (κ1) is 14.7. The molecule has 0 fully saturated rings. The fourth-order valence-electron chi connectivity index (χ4n) is 1.79. The molecule has 0 aromatic carbocycles. The molecule has 21 heavy (non-hydrogen) atoms. The number of aliphatic carboxylic acids is 1. The highest BCUT2D eigenvalue weighted by molar-refractivity contribution is 5.94. The molecule has 7 heteroatoms. The van der Waals surface area contributed by atoms with Crippen molar-refractivity contribution in [2.45, 2.75) is 19.9 Å². The third-order valence-corrected chi connectivity index (χ3v) is 2.84. The Bertz CT molecular complexity index is 637. The molecule has 0 aliphatic rings. The monoisotopic (exact) mass is 289 g/mol. The number of carboxylic acid groups (broad SMARTS) is 1. The van der Waals surface area contributed by atoms with Crippen LogP contribution >= 0.6 is 0 Å². The normalized spacial score (nSPS) is 10.6. The Balaban J connectivity index is 2.23. The van der Waals surface area contributed by atoms with Crippen LogP contribution in [-0.4, -0.2) is 44.6 Å². The minimum atomic E-state index is -1.08. The quantitative estimate of drug-likeness (QED) is 0.899. The zero-order chi connectivity index (χ0) is 15.4. The number of pyridine rings is 1. The van der Waals surface area contributed by atoms with Crippen LogP contribution in [0.3, 0.4) is 0 Å². The highest BCUT2D eigenvalue weighted by atomic mass is 16.5. The van der Waals surface area contributed by atoms with Crippen molar-refractivity contribution in [2.75, 3.05) is 6.54 Å². The average molecular weight is 289 g/mol. The molecule has 7 nitrogen and oxygen atoms in total. The average Bonchev–Trinajstić information content (AvgIpc) is 2.94. The summed E-state index contributed by atoms with van der Waals surface area (Å²) in [7, 11) is 0. The lowest BCUT2D eigenvalue weighted by Crippen LogP contribution is -2.40. The highest BCUT2D eigenvalue weighted by Gasteiger charge is 2.25. The minimum absolute atomic E-state index is 0.00870. The van der Waals surface area contributed by atoms with Gasteiger partial charge in [-0.25, -0.2) is 0 Å². The first-order chi connectivity index (χ1) is 9.99. The molecular formula is C14H15N3O4. The molecule has 1 amide bonds. The SMILES string of the molecule is CC(C)N(CC(=O)O)C(=O)c1cc(-c2ccccn2)no1. The lowest BCUT2D eigenvalue weighted by Gasteiger charge is -2.23. The van der Waals surface area contributed by atoms with E-state index in [-0.39, 0.29) is 11.8 Å². The maximum Gasteiger partial charge on any atom is 0.323 e. The Hall–Kier alpha value is -2.70. The third-order valence-electron chi connectivity index (χ3n) is 2.84. The largest absolute Gasteiger partial charge is 0.480 e. The Morgan fingerprint density at radius 2 is 2.10 bits per heavy atom. The van der Waals surface area contributed by atoms with Gasteiger partial charge in [-0.15, -0.1) is 0 Å². The van der Waals surface area contributed by atoms with Crippen LogP contribution in [0.2, 0.25) is 0 Å². The van der Waals surface area contributed by atoms with Crippen LogP contribution in [0.25, 0.3) is 11.4 Å². The fraction of sp³-hybridized carbons (Fsp3) is 0.286. The number of aromatic nitrogens is 2. The standard InChI is InChI=1S/C14H15N3O4/c1-9(2)17(8-13(18)19)14(20)12-7-11(16-21-12)10-5-3-4-6-15-10/h3-7,9H,8H2,1-2H3,(H,18,19). The van der Waals surface area contributed by atoms with Gasteiger partial charge in [-0.3, -0.25) is 14.6 Å². The summed E-state index contributed by atoms with van der Waals surface area (Å²) in [5.41, 5.74) is 1.01. The minimum Gasteiger partial charge on any atom is -0.480 e. The Morgan fingerprint density at radius 3 is 2.67 bits per heavy atom. The van der Waals surface area contributed by atoms with Crippen LogP contribution in [0.5, 0.6) is 0 Å². The molecule has 1 N–H and O–H groups in total. The molecule has 2 rings (SSSR count). The van der Waals surface area contributed by atoms with Gasteiger partial charge in [-0.2, -0.15) is 0 Å². The van der Waals surface area contributed by atoms with Gasteiger partial charge in [0.25, 0.3) is 5.91 Å². The van der Waals surface area contributed by atoms with Crippen molar-refractivity contribution >= 4 is 11.9 Å². The summed E-state index contributed by atoms with van der Waals surface area (Å²) in [5.74, 6) is -1.60. The molecule has 2 aromatic rings. The van der Waals surface area contributed by atoms with Gasteiger partial charge in [0.1, 0.15) is 12.2 Å². The van der Waals surface area contributed by atoms with Gasteiger partial charge in [0.2, 0.25) is 5.76 Å². The lowest BCUT2D eigenvalue weighted by molar-refractivity contribution is -0.138. The summed E-state index contributed by atoms with van der Waals surface area (Å²) >= 11 is 0. The number of nitrogens with zero attached hydrogens (tertiary/aromatic N) is 3. The molecule has 2 aromatic heterocycles. The van der Waals surface area contributed by atoms with E-state index in [1.807, 2.05) is 0 Å². The van der Waals surface area contributed by atoms with E-state index < -0.39 is 18.4 Å². The van der Waals surface area contributed by atoms with E-state index in [9.17, 15) is 9.59 Å². The third kappa shape index (κ3) is 3.44. The van der Waals surface area contributed by atoms with Gasteiger partial charge in [-0.05, 0) is 26.0 Å². The number of carboxylic acids is 1. The van der Waals surface area contributed by atoms with Crippen molar-refractivity contribution in [3.05, 3.63) is 36.2 Å². The molecule has 0 aliphatic carbocycles. The molecule has 0 bridgehead atoms. The molecule has 110 valence electrons. The number of carbonyl (C=O) groups is 2. The van der Waals surface area contributed by atoms with Crippen LogP contribution in [0.15, 0.2) is 35.0 Å². The number of hydrogen-bond acceptors (Lipinski definition) is 5. The Kier molecular flexibility index (Phi) is 4.32. The molecule has 0 aliphatic heterocycles. The van der Waals surface area contributed by atoms with E-state index in [2.05, 4.69) is 10.1 Å². The van der Waals surface area contributed by atoms with Crippen LogP contribution in [0.1, 0.15) is 24.4 Å². The van der Waals surface area contributed by atoms with E-state index >= 15 is 0 Å². The molecule has 0 radical (unpaired) electrons. The van der Waals surface area contributed by atoms with E-state index in [0.717, 1.165) is 0 Å². The molecular weight excluding hydrogens is 274 g/mol. The second-order valence-corrected chi connectivity index (χ2v) is 4.71. The zero-order valence-corrected chi connectivity index (χ0v) is 11.7. The molecule has 0 saturated heterocycles. The van der Waals surface area contributed by atoms with Crippen molar-refractivity contribution in [1.82, 2.24) is 15.0 Å². The predicted molar refractivity (Wildman–Crippen MR) is 73.5 cm³/mol.